The van der Waals surface area contributed by atoms with E-state index in [2.05, 4.69) is 29.5 Å². The van der Waals surface area contributed by atoms with Crippen molar-refractivity contribution in [1.29, 1.82) is 0 Å². The summed E-state index contributed by atoms with van der Waals surface area (Å²) in [4.78, 5) is 7.20. The Balaban J connectivity index is 1.80. The van der Waals surface area contributed by atoms with Gasteiger partial charge in [-0.05, 0) is 65.0 Å². The monoisotopic (exact) mass is 296 g/mol. The second kappa shape index (κ2) is 8.59. The van der Waals surface area contributed by atoms with E-state index in [0.29, 0.717) is 12.0 Å². The average molecular weight is 296 g/mol. The molecule has 0 amide bonds. The molecule has 0 aromatic rings. The Morgan fingerprint density at radius 1 is 1.24 bits per heavy atom. The maximum atomic E-state index is 9.58. The van der Waals surface area contributed by atoms with Crippen LogP contribution in [0.4, 0.5) is 0 Å². The van der Waals surface area contributed by atoms with Gasteiger partial charge in [0, 0.05) is 25.7 Å². The Labute approximate surface area is 129 Å². The number of hydrogen-bond acceptors (Lipinski definition) is 3. The third-order valence-corrected chi connectivity index (χ3v) is 4.61. The Morgan fingerprint density at radius 3 is 2.67 bits per heavy atom. The molecule has 5 nitrogen and oxygen atoms in total. The second-order valence-corrected chi connectivity index (χ2v) is 6.64. The molecule has 0 radical (unpaired) electrons. The van der Waals surface area contributed by atoms with Crippen LogP contribution < -0.4 is 10.6 Å². The van der Waals surface area contributed by atoms with Gasteiger partial charge in [0.15, 0.2) is 5.96 Å². The minimum Gasteiger partial charge on any atom is -0.393 e. The van der Waals surface area contributed by atoms with Crippen LogP contribution in [0.1, 0.15) is 45.4 Å². The van der Waals surface area contributed by atoms with Gasteiger partial charge >= 0.3 is 0 Å². The van der Waals surface area contributed by atoms with Crippen molar-refractivity contribution in [2.75, 3.05) is 33.2 Å². The number of aliphatic imine (C=N–C) groups is 1. The fraction of sp³-hybridized carbons (Fsp3) is 0.938. The Bertz CT molecular complexity index is 326. The lowest BCUT2D eigenvalue weighted by molar-refractivity contribution is 0.120. The van der Waals surface area contributed by atoms with Crippen molar-refractivity contribution in [2.24, 2.45) is 10.9 Å². The van der Waals surface area contributed by atoms with E-state index >= 15 is 0 Å². The molecule has 21 heavy (non-hydrogen) atoms. The van der Waals surface area contributed by atoms with Gasteiger partial charge in [-0.1, -0.05) is 0 Å². The highest BCUT2D eigenvalue weighted by Crippen LogP contribution is 2.18. The van der Waals surface area contributed by atoms with Gasteiger partial charge in [0.05, 0.1) is 6.10 Å². The minimum absolute atomic E-state index is 0.0969. The molecule has 1 unspecified atom stereocenters. The molecule has 1 atom stereocenters. The van der Waals surface area contributed by atoms with E-state index in [9.17, 15) is 5.11 Å². The van der Waals surface area contributed by atoms with Crippen LogP contribution >= 0.6 is 0 Å². The summed E-state index contributed by atoms with van der Waals surface area (Å²) in [6.07, 6.45) is 6.38. The lowest BCUT2D eigenvalue weighted by Crippen LogP contribution is -2.45. The quantitative estimate of drug-likeness (QED) is 0.539. The lowest BCUT2D eigenvalue weighted by Gasteiger charge is -2.30. The maximum absolute atomic E-state index is 9.58. The third kappa shape index (κ3) is 5.83. The third-order valence-electron chi connectivity index (χ3n) is 4.61. The van der Waals surface area contributed by atoms with Gasteiger partial charge in [0.1, 0.15) is 0 Å². The zero-order valence-electron chi connectivity index (χ0n) is 13.6. The fourth-order valence-electron chi connectivity index (χ4n) is 3.38. The van der Waals surface area contributed by atoms with E-state index in [1.807, 2.05) is 0 Å². The number of guanidine groups is 1. The maximum Gasteiger partial charge on any atom is 0.191 e. The van der Waals surface area contributed by atoms with Crippen molar-refractivity contribution in [3.8, 4) is 0 Å². The van der Waals surface area contributed by atoms with Gasteiger partial charge < -0.3 is 20.6 Å². The van der Waals surface area contributed by atoms with E-state index in [0.717, 1.165) is 44.7 Å². The predicted octanol–water partition coefficient (Wildman–Crippen LogP) is 1.19. The van der Waals surface area contributed by atoms with Crippen LogP contribution in [-0.2, 0) is 0 Å². The van der Waals surface area contributed by atoms with E-state index in [1.165, 1.54) is 25.9 Å². The van der Waals surface area contributed by atoms with Crippen LogP contribution in [0.25, 0.3) is 0 Å². The molecule has 3 N–H and O–H groups in total. The summed E-state index contributed by atoms with van der Waals surface area (Å²) >= 11 is 0. The van der Waals surface area contributed by atoms with Crippen molar-refractivity contribution in [3.05, 3.63) is 0 Å². The van der Waals surface area contributed by atoms with Crippen molar-refractivity contribution in [3.63, 3.8) is 0 Å². The lowest BCUT2D eigenvalue weighted by atomic mass is 9.93. The highest BCUT2D eigenvalue weighted by atomic mass is 16.3. The average Bonchev–Trinajstić information content (AvgIpc) is 2.47. The van der Waals surface area contributed by atoms with Crippen LogP contribution in [-0.4, -0.2) is 61.3 Å². The zero-order valence-corrected chi connectivity index (χ0v) is 13.6. The normalized spacial score (nSPS) is 32.0. The van der Waals surface area contributed by atoms with Crippen LogP contribution in [0.3, 0.4) is 0 Å². The summed E-state index contributed by atoms with van der Waals surface area (Å²) in [5.74, 6) is 1.64. The summed E-state index contributed by atoms with van der Waals surface area (Å²) in [7, 11) is 2.20. The number of rotatable bonds is 4. The van der Waals surface area contributed by atoms with E-state index in [1.54, 1.807) is 0 Å². The molecule has 1 aliphatic heterocycles. The molecule has 2 aliphatic rings. The van der Waals surface area contributed by atoms with Crippen molar-refractivity contribution >= 4 is 5.96 Å². The van der Waals surface area contributed by atoms with Crippen LogP contribution in [0.15, 0.2) is 4.99 Å². The number of hydrogen-bond donors (Lipinski definition) is 3. The molecule has 1 heterocycles. The molecular weight excluding hydrogens is 264 g/mol. The largest absolute Gasteiger partial charge is 0.393 e. The first-order valence-electron chi connectivity index (χ1n) is 8.58. The summed E-state index contributed by atoms with van der Waals surface area (Å²) in [6.45, 7) is 6.30. The van der Waals surface area contributed by atoms with Gasteiger partial charge in [-0.2, -0.15) is 0 Å². The molecule has 0 bridgehead atoms. The SMILES string of the molecule is CCNC(=NCC1CCCN(C)C1)NC1CCC(O)CC1. The van der Waals surface area contributed by atoms with Crippen LogP contribution in [0.5, 0.6) is 0 Å². The first-order chi connectivity index (χ1) is 10.2. The molecule has 2 fully saturated rings. The molecule has 1 saturated heterocycles. The molecule has 122 valence electrons. The summed E-state index contributed by atoms with van der Waals surface area (Å²) < 4.78 is 0. The Morgan fingerprint density at radius 2 is 2.00 bits per heavy atom. The van der Waals surface area contributed by atoms with Gasteiger partial charge in [-0.25, -0.2) is 0 Å². The van der Waals surface area contributed by atoms with E-state index < -0.39 is 0 Å². The molecule has 2 rings (SSSR count). The number of piperidine rings is 1. The molecule has 1 saturated carbocycles. The molecule has 0 aromatic carbocycles. The highest BCUT2D eigenvalue weighted by molar-refractivity contribution is 5.80. The standard InChI is InChI=1S/C16H32N4O/c1-3-17-16(19-14-6-8-15(21)9-7-14)18-11-13-5-4-10-20(2)12-13/h13-15,21H,3-12H2,1-2H3,(H2,17,18,19). The number of nitrogens with zero attached hydrogens (tertiary/aromatic N) is 2. The Kier molecular flexibility index (Phi) is 6.77. The van der Waals surface area contributed by atoms with Gasteiger partial charge in [0.2, 0.25) is 0 Å². The van der Waals surface area contributed by atoms with Crippen molar-refractivity contribution in [2.45, 2.75) is 57.6 Å². The predicted molar refractivity (Wildman–Crippen MR) is 87.6 cm³/mol. The molecule has 0 spiro atoms. The zero-order chi connectivity index (χ0) is 15.1. The topological polar surface area (TPSA) is 59.9 Å². The van der Waals surface area contributed by atoms with Gasteiger partial charge in [-0.15, -0.1) is 0 Å². The van der Waals surface area contributed by atoms with Crippen molar-refractivity contribution in [1.82, 2.24) is 15.5 Å². The summed E-state index contributed by atoms with van der Waals surface area (Å²) in [6, 6.07) is 0.459. The summed E-state index contributed by atoms with van der Waals surface area (Å²) in [5, 5.41) is 16.5. The van der Waals surface area contributed by atoms with Crippen LogP contribution in [0.2, 0.25) is 0 Å². The van der Waals surface area contributed by atoms with E-state index in [4.69, 9.17) is 4.99 Å². The number of aliphatic hydroxyl groups is 1. The molecular formula is C16H32N4O. The van der Waals surface area contributed by atoms with Gasteiger partial charge in [0.25, 0.3) is 0 Å². The number of aliphatic hydroxyl groups excluding tert-OH is 1. The molecule has 1 aliphatic carbocycles. The fourth-order valence-corrected chi connectivity index (χ4v) is 3.38. The molecule has 5 heteroatoms. The highest BCUT2D eigenvalue weighted by Gasteiger charge is 2.21. The number of likely N-dealkylation sites (tertiary alicyclic amines) is 1. The van der Waals surface area contributed by atoms with Gasteiger partial charge in [-0.3, -0.25) is 4.99 Å². The van der Waals surface area contributed by atoms with Crippen LogP contribution in [0, 0.1) is 5.92 Å². The molecule has 0 aromatic heterocycles. The second-order valence-electron chi connectivity index (χ2n) is 6.64. The van der Waals surface area contributed by atoms with Crippen molar-refractivity contribution < 1.29 is 5.11 Å². The summed E-state index contributed by atoms with van der Waals surface area (Å²) in [5.41, 5.74) is 0. The van der Waals surface area contributed by atoms with E-state index in [-0.39, 0.29) is 6.10 Å². The first kappa shape index (κ1) is 16.6. The Hall–Kier alpha value is -0.810. The smallest absolute Gasteiger partial charge is 0.191 e. The first-order valence-corrected chi connectivity index (χ1v) is 8.58. The number of nitrogens with one attached hydrogen (secondary N) is 2. The minimum atomic E-state index is -0.0969.